The lowest BCUT2D eigenvalue weighted by Gasteiger charge is -2.42. The van der Waals surface area contributed by atoms with Crippen LogP contribution in [0.1, 0.15) is 34.7 Å². The van der Waals surface area contributed by atoms with Crippen molar-refractivity contribution in [1.82, 2.24) is 10.2 Å². The van der Waals surface area contributed by atoms with E-state index < -0.39 is 13.1 Å². The average Bonchev–Trinajstić information content (AvgIpc) is 3.27. The first-order valence-electron chi connectivity index (χ1n) is 9.60. The van der Waals surface area contributed by atoms with E-state index in [1.165, 1.54) is 0 Å². The molecule has 2 saturated heterocycles. The molecule has 5 rings (SSSR count). The number of likely N-dealkylation sites (tertiary alicyclic amines) is 1. The minimum absolute atomic E-state index is 0.0170. The number of ether oxygens (including phenoxy) is 1. The van der Waals surface area contributed by atoms with E-state index in [1.54, 1.807) is 6.07 Å². The highest BCUT2D eigenvalue weighted by atomic mass is 16.5. The van der Waals surface area contributed by atoms with Gasteiger partial charge in [0.05, 0.1) is 6.04 Å². The Bertz CT molecular complexity index is 845. The molecule has 3 aliphatic heterocycles. The fraction of sp³-hybridized carbons (Fsp3) is 0.556. The molecule has 0 spiro atoms. The van der Waals surface area contributed by atoms with Crippen molar-refractivity contribution in [2.45, 2.75) is 42.8 Å². The highest BCUT2D eigenvalue weighted by Gasteiger charge is 2.54. The number of benzene rings is 1. The third-order valence-electron chi connectivity index (χ3n) is 6.35. The molecule has 1 amide bonds. The minimum Gasteiger partial charge on any atom is -0.535 e. The molecule has 28 heavy (non-hydrogen) atoms. The van der Waals surface area contributed by atoms with Gasteiger partial charge >= 0.3 is 13.1 Å². The standard InChI is InChI=1S/C18H22BN3O6/c20-17(23)13-3-8(5-21-13)22-6-9(7-22)27-14-2-1-10-11-4-12(11)19(26)28-16(10)15(14)18(24)25/h1-2,8-9,11-13,21,26H,3-7H2,(H2,20,23)(H,24,25)/t8-,11-,12-,13-/m1/s1. The Hall–Kier alpha value is -2.30. The first-order valence-corrected chi connectivity index (χ1v) is 9.60. The van der Waals surface area contributed by atoms with Gasteiger partial charge in [-0.05, 0) is 30.4 Å². The smallest absolute Gasteiger partial charge is 0.526 e. The summed E-state index contributed by atoms with van der Waals surface area (Å²) in [5.74, 6) is -0.739. The van der Waals surface area contributed by atoms with Crippen LogP contribution in [-0.4, -0.2) is 71.8 Å². The second-order valence-corrected chi connectivity index (χ2v) is 8.12. The molecule has 10 heteroatoms. The van der Waals surface area contributed by atoms with Crippen molar-refractivity contribution in [3.8, 4) is 11.5 Å². The first kappa shape index (κ1) is 17.8. The van der Waals surface area contributed by atoms with Gasteiger partial charge in [0.25, 0.3) is 0 Å². The summed E-state index contributed by atoms with van der Waals surface area (Å²) in [6, 6.07) is 3.48. The van der Waals surface area contributed by atoms with E-state index in [-0.39, 0.29) is 52.9 Å². The van der Waals surface area contributed by atoms with Gasteiger partial charge in [-0.25, -0.2) is 4.79 Å². The van der Waals surface area contributed by atoms with Crippen molar-refractivity contribution >= 4 is 19.0 Å². The Balaban J connectivity index is 1.28. The quantitative estimate of drug-likeness (QED) is 0.492. The van der Waals surface area contributed by atoms with Crippen molar-refractivity contribution in [3.05, 3.63) is 23.3 Å². The van der Waals surface area contributed by atoms with Gasteiger partial charge in [0, 0.05) is 31.5 Å². The Morgan fingerprint density at radius 2 is 2.11 bits per heavy atom. The zero-order valence-corrected chi connectivity index (χ0v) is 15.2. The zero-order chi connectivity index (χ0) is 19.6. The second kappa shape index (κ2) is 6.36. The van der Waals surface area contributed by atoms with Crippen molar-refractivity contribution in [3.63, 3.8) is 0 Å². The largest absolute Gasteiger partial charge is 0.535 e. The molecule has 3 heterocycles. The lowest BCUT2D eigenvalue weighted by molar-refractivity contribution is -0.119. The van der Waals surface area contributed by atoms with E-state index in [0.717, 1.165) is 12.0 Å². The van der Waals surface area contributed by atoms with Gasteiger partial charge in [0.1, 0.15) is 23.2 Å². The second-order valence-electron chi connectivity index (χ2n) is 8.12. The van der Waals surface area contributed by atoms with Crippen LogP contribution in [0.2, 0.25) is 5.82 Å². The molecule has 5 N–H and O–H groups in total. The predicted molar refractivity (Wildman–Crippen MR) is 98.5 cm³/mol. The highest BCUT2D eigenvalue weighted by Crippen LogP contribution is 2.60. The number of carbonyl (C=O) groups excluding carboxylic acids is 1. The van der Waals surface area contributed by atoms with Crippen LogP contribution in [0.5, 0.6) is 11.5 Å². The van der Waals surface area contributed by atoms with Gasteiger partial charge in [0.2, 0.25) is 5.91 Å². The highest BCUT2D eigenvalue weighted by molar-refractivity contribution is 6.48. The average molecular weight is 387 g/mol. The van der Waals surface area contributed by atoms with E-state index in [2.05, 4.69) is 10.2 Å². The maximum absolute atomic E-state index is 11.9. The molecule has 3 fully saturated rings. The Kier molecular flexibility index (Phi) is 4.04. The summed E-state index contributed by atoms with van der Waals surface area (Å²) in [6.07, 6.45) is 1.36. The fourth-order valence-corrected chi connectivity index (χ4v) is 4.63. The van der Waals surface area contributed by atoms with Gasteiger partial charge in [-0.2, -0.15) is 0 Å². The lowest BCUT2D eigenvalue weighted by Crippen LogP contribution is -2.58. The number of primary amides is 1. The van der Waals surface area contributed by atoms with Crippen LogP contribution in [-0.2, 0) is 4.79 Å². The van der Waals surface area contributed by atoms with Crippen molar-refractivity contribution in [2.75, 3.05) is 19.6 Å². The van der Waals surface area contributed by atoms with Gasteiger partial charge in [0.15, 0.2) is 0 Å². The topological polar surface area (TPSA) is 134 Å². The summed E-state index contributed by atoms with van der Waals surface area (Å²) in [5.41, 5.74) is 6.16. The molecular weight excluding hydrogens is 365 g/mol. The van der Waals surface area contributed by atoms with Crippen LogP contribution in [0.4, 0.5) is 0 Å². The normalized spacial score (nSPS) is 31.4. The van der Waals surface area contributed by atoms with Crippen LogP contribution < -0.4 is 20.4 Å². The molecule has 0 radical (unpaired) electrons. The Morgan fingerprint density at radius 1 is 1.32 bits per heavy atom. The number of aromatic carboxylic acids is 1. The van der Waals surface area contributed by atoms with Gasteiger partial charge in [-0.3, -0.25) is 9.69 Å². The van der Waals surface area contributed by atoms with Crippen molar-refractivity contribution < 1.29 is 29.1 Å². The number of nitrogens with zero attached hydrogens (tertiary/aromatic N) is 1. The number of nitrogens with one attached hydrogen (secondary N) is 1. The van der Waals surface area contributed by atoms with E-state index in [0.29, 0.717) is 26.1 Å². The van der Waals surface area contributed by atoms with Crippen LogP contribution in [0.25, 0.3) is 0 Å². The Morgan fingerprint density at radius 3 is 2.79 bits per heavy atom. The maximum Gasteiger partial charge on any atom is 0.526 e. The molecule has 9 nitrogen and oxygen atoms in total. The third kappa shape index (κ3) is 2.83. The number of carboxylic acid groups (broad SMARTS) is 1. The van der Waals surface area contributed by atoms with Crippen molar-refractivity contribution in [1.29, 1.82) is 0 Å². The number of carboxylic acids is 1. The summed E-state index contributed by atoms with van der Waals surface area (Å²) >= 11 is 0. The molecule has 0 aromatic heterocycles. The van der Waals surface area contributed by atoms with Crippen molar-refractivity contribution in [2.24, 2.45) is 5.73 Å². The predicted octanol–water partition coefficient (Wildman–Crippen LogP) is -0.606. The van der Waals surface area contributed by atoms with Crippen LogP contribution in [0.15, 0.2) is 12.1 Å². The molecule has 1 aromatic carbocycles. The Labute approximate surface area is 161 Å². The number of carbonyl (C=O) groups is 2. The van der Waals surface area contributed by atoms with Crippen LogP contribution in [0, 0.1) is 0 Å². The van der Waals surface area contributed by atoms with E-state index in [4.69, 9.17) is 15.1 Å². The number of fused-ring (bicyclic) bond motifs is 3. The lowest BCUT2D eigenvalue weighted by atomic mass is 9.77. The summed E-state index contributed by atoms with van der Waals surface area (Å²) in [6.45, 7) is 2.01. The van der Waals surface area contributed by atoms with Crippen LogP contribution in [0.3, 0.4) is 0 Å². The molecule has 0 bridgehead atoms. The van der Waals surface area contributed by atoms with E-state index in [1.807, 2.05) is 6.07 Å². The summed E-state index contributed by atoms with van der Waals surface area (Å²) in [4.78, 5) is 25.4. The van der Waals surface area contributed by atoms with Gasteiger partial charge in [-0.1, -0.05) is 6.07 Å². The maximum atomic E-state index is 11.9. The number of nitrogens with two attached hydrogens (primary N) is 1. The number of hydrogen-bond donors (Lipinski definition) is 4. The van der Waals surface area contributed by atoms with E-state index in [9.17, 15) is 19.7 Å². The molecular formula is C18H22BN3O6. The molecule has 148 valence electrons. The SMILES string of the molecule is NC(=O)[C@H]1C[C@@H](N2CC(Oc3ccc4c(c3C(=O)O)OB(O)[C@@H]3C[C@H]43)C2)CN1. The minimum atomic E-state index is -1.13. The van der Waals surface area contributed by atoms with E-state index >= 15 is 0 Å². The number of rotatable bonds is 5. The molecule has 1 aromatic rings. The molecule has 1 saturated carbocycles. The number of hydrogen-bond acceptors (Lipinski definition) is 7. The molecule has 1 aliphatic carbocycles. The monoisotopic (exact) mass is 387 g/mol. The third-order valence-corrected chi connectivity index (χ3v) is 6.35. The van der Waals surface area contributed by atoms with Crippen LogP contribution >= 0.6 is 0 Å². The fourth-order valence-electron chi connectivity index (χ4n) is 4.63. The molecule has 4 atom stereocenters. The van der Waals surface area contributed by atoms with Gasteiger partial charge in [-0.15, -0.1) is 0 Å². The molecule has 0 unspecified atom stereocenters. The zero-order valence-electron chi connectivity index (χ0n) is 15.2. The summed E-state index contributed by atoms with van der Waals surface area (Å²) in [7, 11) is -0.960. The summed E-state index contributed by atoms with van der Waals surface area (Å²) < 4.78 is 11.5. The summed E-state index contributed by atoms with van der Waals surface area (Å²) in [5, 5.41) is 22.8. The van der Waals surface area contributed by atoms with Gasteiger partial charge < -0.3 is 30.6 Å². The number of amides is 1. The molecule has 4 aliphatic rings. The first-order chi connectivity index (χ1) is 13.4.